The summed E-state index contributed by atoms with van der Waals surface area (Å²) >= 11 is 0. The van der Waals surface area contributed by atoms with E-state index in [0.29, 0.717) is 43.8 Å². The number of nitrogens with zero attached hydrogens (tertiary/aromatic N) is 2. The van der Waals surface area contributed by atoms with Crippen LogP contribution in [0.25, 0.3) is 0 Å². The second-order valence-corrected chi connectivity index (χ2v) is 9.20. The van der Waals surface area contributed by atoms with Crippen LogP contribution < -0.4 is 15.0 Å². The van der Waals surface area contributed by atoms with Crippen molar-refractivity contribution in [1.82, 2.24) is 10.2 Å². The number of anilines is 1. The number of carbonyl (C=O) groups excluding carboxylic acids is 3. The highest BCUT2D eigenvalue weighted by Crippen LogP contribution is 2.34. The maximum atomic E-state index is 13.2. The van der Waals surface area contributed by atoms with Crippen molar-refractivity contribution in [3.63, 3.8) is 0 Å². The number of piperidine rings is 1. The number of nitrogens with one attached hydrogen (secondary N) is 1. The van der Waals surface area contributed by atoms with Crippen LogP contribution in [0.2, 0.25) is 0 Å². The molecule has 0 spiro atoms. The number of hydrogen-bond donors (Lipinski definition) is 1. The van der Waals surface area contributed by atoms with Gasteiger partial charge in [-0.05, 0) is 61.6 Å². The first-order valence-electron chi connectivity index (χ1n) is 12.0. The third-order valence-electron chi connectivity index (χ3n) is 6.87. The van der Waals surface area contributed by atoms with E-state index in [2.05, 4.69) is 12.2 Å². The Balaban J connectivity index is 1.32. The molecule has 7 heteroatoms. The number of rotatable bonds is 6. The molecule has 0 radical (unpaired) electrons. The highest BCUT2D eigenvalue weighted by atomic mass is 16.5. The number of methoxy groups -OCH3 is 1. The van der Waals surface area contributed by atoms with Crippen LogP contribution in [0.4, 0.5) is 5.69 Å². The summed E-state index contributed by atoms with van der Waals surface area (Å²) < 4.78 is 5.44. The summed E-state index contributed by atoms with van der Waals surface area (Å²) in [5, 5.41) is 3.10. The minimum Gasteiger partial charge on any atom is -0.495 e. The third-order valence-corrected chi connectivity index (χ3v) is 6.87. The summed E-state index contributed by atoms with van der Waals surface area (Å²) in [6, 6.07) is 13.4. The summed E-state index contributed by atoms with van der Waals surface area (Å²) in [4.78, 5) is 42.0. The van der Waals surface area contributed by atoms with E-state index >= 15 is 0 Å². The molecule has 0 aliphatic carbocycles. The molecule has 1 N–H and O–H groups in total. The van der Waals surface area contributed by atoms with Gasteiger partial charge in [0.1, 0.15) is 5.75 Å². The van der Waals surface area contributed by atoms with E-state index in [1.165, 1.54) is 5.56 Å². The van der Waals surface area contributed by atoms with Crippen molar-refractivity contribution < 1.29 is 19.1 Å². The molecule has 0 aromatic heterocycles. The van der Waals surface area contributed by atoms with Crippen molar-refractivity contribution in [2.45, 2.75) is 45.6 Å². The highest BCUT2D eigenvalue weighted by molar-refractivity contribution is 6.01. The molecular weight excluding hydrogens is 430 g/mol. The van der Waals surface area contributed by atoms with Crippen LogP contribution in [-0.4, -0.2) is 55.4 Å². The lowest BCUT2D eigenvalue weighted by Crippen LogP contribution is -2.48. The Morgan fingerprint density at radius 2 is 1.79 bits per heavy atom. The predicted octanol–water partition coefficient (Wildman–Crippen LogP) is 3.34. The van der Waals surface area contributed by atoms with Gasteiger partial charge in [0.25, 0.3) is 5.91 Å². The number of carbonyl (C=O) groups is 3. The fraction of sp³-hybridized carbons (Fsp3) is 0.444. The molecule has 0 saturated carbocycles. The Hall–Kier alpha value is -3.35. The second-order valence-electron chi connectivity index (χ2n) is 9.20. The third kappa shape index (κ3) is 5.08. The molecule has 2 heterocycles. The zero-order valence-corrected chi connectivity index (χ0v) is 20.2. The quantitative estimate of drug-likeness (QED) is 0.713. The van der Waals surface area contributed by atoms with E-state index in [-0.39, 0.29) is 36.1 Å². The normalized spacial score (nSPS) is 18.8. The van der Waals surface area contributed by atoms with Crippen molar-refractivity contribution in [2.24, 2.45) is 5.92 Å². The molecule has 3 amide bonds. The van der Waals surface area contributed by atoms with Gasteiger partial charge in [0.2, 0.25) is 11.8 Å². The molecule has 2 aliphatic rings. The van der Waals surface area contributed by atoms with Crippen molar-refractivity contribution in [3.05, 3.63) is 59.2 Å². The number of amides is 3. The maximum Gasteiger partial charge on any atom is 0.251 e. The molecule has 2 fully saturated rings. The predicted molar refractivity (Wildman–Crippen MR) is 131 cm³/mol. The van der Waals surface area contributed by atoms with Crippen LogP contribution in [0.1, 0.15) is 47.7 Å². The van der Waals surface area contributed by atoms with Gasteiger partial charge < -0.3 is 19.9 Å². The minimum absolute atomic E-state index is 0.0161. The van der Waals surface area contributed by atoms with Crippen LogP contribution in [0.15, 0.2) is 42.5 Å². The van der Waals surface area contributed by atoms with Crippen molar-refractivity contribution in [3.8, 4) is 5.75 Å². The molecule has 2 aromatic carbocycles. The average molecular weight is 464 g/mol. The van der Waals surface area contributed by atoms with Gasteiger partial charge in [0.05, 0.1) is 18.7 Å². The molecule has 7 nitrogen and oxygen atoms in total. The van der Waals surface area contributed by atoms with E-state index < -0.39 is 0 Å². The molecular formula is C27H33N3O4. The lowest BCUT2D eigenvalue weighted by Gasteiger charge is -2.33. The average Bonchev–Trinajstić information content (AvgIpc) is 3.25. The molecule has 0 bridgehead atoms. The van der Waals surface area contributed by atoms with Crippen LogP contribution in [0.3, 0.4) is 0 Å². The Kier molecular flexibility index (Phi) is 7.20. The van der Waals surface area contributed by atoms with E-state index in [1.54, 1.807) is 12.0 Å². The van der Waals surface area contributed by atoms with Gasteiger partial charge in [0.15, 0.2) is 0 Å². The summed E-state index contributed by atoms with van der Waals surface area (Å²) in [5.74, 6) is 0.159. The molecule has 2 aromatic rings. The van der Waals surface area contributed by atoms with Gasteiger partial charge in [-0.25, -0.2) is 0 Å². The largest absolute Gasteiger partial charge is 0.495 e. The zero-order valence-electron chi connectivity index (χ0n) is 20.2. The second kappa shape index (κ2) is 10.3. The van der Waals surface area contributed by atoms with Crippen molar-refractivity contribution >= 4 is 23.4 Å². The fourth-order valence-electron chi connectivity index (χ4n) is 4.78. The smallest absolute Gasteiger partial charge is 0.251 e. The van der Waals surface area contributed by atoms with Gasteiger partial charge in [-0.3, -0.25) is 14.4 Å². The first-order valence-corrected chi connectivity index (χ1v) is 12.0. The number of ether oxygens (including phenoxy) is 1. The standard InChI is InChI=1S/C27H33N3O4/c1-4-19-6-8-20(9-7-19)26(32)28-22-11-13-29(14-12-22)27(33)21-16-25(31)30(17-21)23-15-18(2)5-10-24(23)34-3/h5-10,15,21-22H,4,11-14,16-17H2,1-3H3,(H,28,32). The topological polar surface area (TPSA) is 79.0 Å². The van der Waals surface area contributed by atoms with Crippen LogP contribution >= 0.6 is 0 Å². The monoisotopic (exact) mass is 463 g/mol. The Morgan fingerprint density at radius 3 is 2.44 bits per heavy atom. The molecule has 1 atom stereocenters. The minimum atomic E-state index is -0.360. The van der Waals surface area contributed by atoms with Crippen LogP contribution in [0, 0.1) is 12.8 Å². The first kappa shape index (κ1) is 23.8. The van der Waals surface area contributed by atoms with Crippen LogP contribution in [-0.2, 0) is 16.0 Å². The van der Waals surface area contributed by atoms with Gasteiger partial charge in [-0.1, -0.05) is 25.1 Å². The highest BCUT2D eigenvalue weighted by Gasteiger charge is 2.39. The van der Waals surface area contributed by atoms with Crippen LogP contribution in [0.5, 0.6) is 5.75 Å². The fourth-order valence-corrected chi connectivity index (χ4v) is 4.78. The Bertz CT molecular complexity index is 1060. The zero-order chi connectivity index (χ0) is 24.2. The Morgan fingerprint density at radius 1 is 1.09 bits per heavy atom. The van der Waals surface area contributed by atoms with Gasteiger partial charge in [0, 0.05) is 37.7 Å². The maximum absolute atomic E-state index is 13.2. The molecule has 1 unspecified atom stereocenters. The number of aryl methyl sites for hydroxylation is 2. The van der Waals surface area contributed by atoms with E-state index in [1.807, 2.05) is 54.3 Å². The SMILES string of the molecule is CCc1ccc(C(=O)NC2CCN(C(=O)C3CC(=O)N(c4cc(C)ccc4OC)C3)CC2)cc1. The van der Waals surface area contributed by atoms with Crippen molar-refractivity contribution in [2.75, 3.05) is 31.6 Å². The van der Waals surface area contributed by atoms with Gasteiger partial charge >= 0.3 is 0 Å². The summed E-state index contributed by atoms with van der Waals surface area (Å²) in [7, 11) is 1.58. The summed E-state index contributed by atoms with van der Waals surface area (Å²) in [5.41, 5.74) is 3.61. The molecule has 180 valence electrons. The van der Waals surface area contributed by atoms with Gasteiger partial charge in [-0.15, -0.1) is 0 Å². The number of likely N-dealkylation sites (tertiary alicyclic amines) is 1. The van der Waals surface area contributed by atoms with Crippen molar-refractivity contribution in [1.29, 1.82) is 0 Å². The Labute approximate surface area is 201 Å². The lowest BCUT2D eigenvalue weighted by atomic mass is 10.0. The molecule has 2 aliphatic heterocycles. The van der Waals surface area contributed by atoms with E-state index in [4.69, 9.17) is 4.74 Å². The van der Waals surface area contributed by atoms with E-state index in [0.717, 1.165) is 17.7 Å². The first-order chi connectivity index (χ1) is 16.4. The molecule has 34 heavy (non-hydrogen) atoms. The number of benzene rings is 2. The molecule has 2 saturated heterocycles. The van der Waals surface area contributed by atoms with Gasteiger partial charge in [-0.2, -0.15) is 0 Å². The van der Waals surface area contributed by atoms with E-state index in [9.17, 15) is 14.4 Å². The lowest BCUT2D eigenvalue weighted by molar-refractivity contribution is -0.136. The number of hydrogen-bond acceptors (Lipinski definition) is 4. The summed E-state index contributed by atoms with van der Waals surface area (Å²) in [6.45, 7) is 5.58. The molecule has 4 rings (SSSR count). The summed E-state index contributed by atoms with van der Waals surface area (Å²) in [6.07, 6.45) is 2.57.